The Bertz CT molecular complexity index is 1020. The van der Waals surface area contributed by atoms with Gasteiger partial charge >= 0.3 is 0 Å². The Kier molecular flexibility index (Phi) is 6.82. The van der Waals surface area contributed by atoms with Crippen molar-refractivity contribution in [1.82, 2.24) is 20.1 Å². The first-order valence-electron chi connectivity index (χ1n) is 9.71. The summed E-state index contributed by atoms with van der Waals surface area (Å²) in [5.41, 5.74) is 1.81. The summed E-state index contributed by atoms with van der Waals surface area (Å²) in [6.45, 7) is 2.33. The molecule has 0 radical (unpaired) electrons. The molecule has 0 aliphatic carbocycles. The number of halogens is 2. The van der Waals surface area contributed by atoms with E-state index in [0.717, 1.165) is 43.1 Å². The molecule has 1 saturated heterocycles. The highest BCUT2D eigenvalue weighted by molar-refractivity contribution is 7.99. The van der Waals surface area contributed by atoms with E-state index in [2.05, 4.69) is 20.4 Å². The van der Waals surface area contributed by atoms with E-state index in [-0.39, 0.29) is 11.7 Å². The fourth-order valence-electron chi connectivity index (χ4n) is 3.31. The predicted octanol–water partition coefficient (Wildman–Crippen LogP) is 4.58. The monoisotopic (exact) mass is 461 g/mol. The van der Waals surface area contributed by atoms with Crippen molar-refractivity contribution in [3.05, 3.63) is 64.1 Å². The molecular weight excluding hydrogens is 441 g/mol. The number of anilines is 1. The molecule has 0 bridgehead atoms. The summed E-state index contributed by atoms with van der Waals surface area (Å²) in [5.74, 6) is 0.923. The number of hydrogen-bond donors (Lipinski definition) is 1. The van der Waals surface area contributed by atoms with Crippen molar-refractivity contribution in [3.8, 4) is 5.69 Å². The highest BCUT2D eigenvalue weighted by Gasteiger charge is 2.23. The molecule has 156 valence electrons. The SMILES string of the molecule is O=C(CSc1nnc(N2CCCC2)n1-c1ccccc1Cl)NCc1ccc(Cl)cc1. The van der Waals surface area contributed by atoms with Crippen LogP contribution in [0.5, 0.6) is 0 Å². The Morgan fingerprint density at radius 2 is 1.77 bits per heavy atom. The van der Waals surface area contributed by atoms with Gasteiger partial charge in [0.25, 0.3) is 0 Å². The van der Waals surface area contributed by atoms with Crippen molar-refractivity contribution < 1.29 is 4.79 Å². The second kappa shape index (κ2) is 9.73. The van der Waals surface area contributed by atoms with Crippen molar-refractivity contribution >= 4 is 46.8 Å². The molecule has 1 amide bonds. The van der Waals surface area contributed by atoms with Gasteiger partial charge in [-0.25, -0.2) is 0 Å². The quantitative estimate of drug-likeness (QED) is 0.521. The summed E-state index contributed by atoms with van der Waals surface area (Å²) in [6.07, 6.45) is 2.26. The number of amides is 1. The van der Waals surface area contributed by atoms with E-state index in [0.29, 0.717) is 21.7 Å². The molecule has 0 spiro atoms. The molecule has 2 aromatic carbocycles. The van der Waals surface area contributed by atoms with Gasteiger partial charge in [-0.3, -0.25) is 9.36 Å². The van der Waals surface area contributed by atoms with Gasteiger partial charge < -0.3 is 10.2 Å². The summed E-state index contributed by atoms with van der Waals surface area (Å²) < 4.78 is 1.95. The Morgan fingerprint density at radius 3 is 2.50 bits per heavy atom. The topological polar surface area (TPSA) is 63.1 Å². The van der Waals surface area contributed by atoms with Crippen LogP contribution in [0.4, 0.5) is 5.95 Å². The molecule has 0 saturated carbocycles. The van der Waals surface area contributed by atoms with Crippen molar-refractivity contribution in [2.45, 2.75) is 24.5 Å². The summed E-state index contributed by atoms with van der Waals surface area (Å²) in [5, 5.41) is 13.6. The maximum atomic E-state index is 12.4. The zero-order valence-corrected chi connectivity index (χ0v) is 18.6. The zero-order chi connectivity index (χ0) is 20.9. The normalized spacial score (nSPS) is 13.6. The van der Waals surface area contributed by atoms with Crippen LogP contribution < -0.4 is 10.2 Å². The molecule has 1 aromatic heterocycles. The first-order valence-corrected chi connectivity index (χ1v) is 11.4. The van der Waals surface area contributed by atoms with Gasteiger partial charge in [0.2, 0.25) is 11.9 Å². The number of benzene rings is 2. The largest absolute Gasteiger partial charge is 0.351 e. The fourth-order valence-corrected chi connectivity index (χ4v) is 4.42. The average molecular weight is 462 g/mol. The number of para-hydroxylation sites is 1. The van der Waals surface area contributed by atoms with Crippen LogP contribution in [0.2, 0.25) is 10.0 Å². The second-order valence-electron chi connectivity index (χ2n) is 6.96. The number of carbonyl (C=O) groups is 1. The molecule has 2 heterocycles. The van der Waals surface area contributed by atoms with Gasteiger partial charge in [-0.05, 0) is 42.7 Å². The minimum Gasteiger partial charge on any atom is -0.351 e. The Balaban J connectivity index is 1.47. The van der Waals surface area contributed by atoms with Crippen molar-refractivity contribution in [1.29, 1.82) is 0 Å². The molecule has 1 N–H and O–H groups in total. The van der Waals surface area contributed by atoms with Crippen LogP contribution in [0.3, 0.4) is 0 Å². The lowest BCUT2D eigenvalue weighted by Gasteiger charge is -2.19. The van der Waals surface area contributed by atoms with Crippen LogP contribution in [0, 0.1) is 0 Å². The maximum absolute atomic E-state index is 12.4. The van der Waals surface area contributed by atoms with E-state index in [1.807, 2.05) is 53.1 Å². The minimum atomic E-state index is -0.0774. The van der Waals surface area contributed by atoms with Crippen LogP contribution in [0.25, 0.3) is 5.69 Å². The van der Waals surface area contributed by atoms with Gasteiger partial charge in [0, 0.05) is 24.7 Å². The van der Waals surface area contributed by atoms with Crippen LogP contribution in [0.15, 0.2) is 53.7 Å². The van der Waals surface area contributed by atoms with Gasteiger partial charge in [-0.2, -0.15) is 0 Å². The van der Waals surface area contributed by atoms with Crippen molar-refractivity contribution in [2.24, 2.45) is 0 Å². The summed E-state index contributed by atoms with van der Waals surface area (Å²) >= 11 is 13.7. The number of nitrogens with one attached hydrogen (secondary N) is 1. The zero-order valence-electron chi connectivity index (χ0n) is 16.2. The van der Waals surface area contributed by atoms with E-state index < -0.39 is 0 Å². The molecule has 1 aliphatic heterocycles. The molecular formula is C21H21Cl2N5OS. The van der Waals surface area contributed by atoms with E-state index in [1.54, 1.807) is 0 Å². The maximum Gasteiger partial charge on any atom is 0.232 e. The molecule has 0 atom stereocenters. The molecule has 9 heteroatoms. The molecule has 6 nitrogen and oxygen atoms in total. The first-order chi connectivity index (χ1) is 14.6. The minimum absolute atomic E-state index is 0.0774. The summed E-state index contributed by atoms with van der Waals surface area (Å²) in [6, 6.07) is 15.0. The average Bonchev–Trinajstić information content (AvgIpc) is 3.42. The van der Waals surface area contributed by atoms with E-state index in [4.69, 9.17) is 23.2 Å². The second-order valence-corrected chi connectivity index (χ2v) is 8.74. The molecule has 1 fully saturated rings. The lowest BCUT2D eigenvalue weighted by atomic mass is 10.2. The Labute approximate surface area is 189 Å². The summed E-state index contributed by atoms with van der Waals surface area (Å²) in [7, 11) is 0. The Morgan fingerprint density at radius 1 is 1.03 bits per heavy atom. The van der Waals surface area contributed by atoms with Crippen LogP contribution in [-0.2, 0) is 11.3 Å². The number of aromatic nitrogens is 3. The standard InChI is InChI=1S/C21H21Cl2N5OS/c22-16-9-7-15(8-10-16)13-24-19(29)14-30-21-26-25-20(27-11-3-4-12-27)28(21)18-6-2-1-5-17(18)23/h1-2,5-10H,3-4,11-14H2,(H,24,29). The van der Waals surface area contributed by atoms with Crippen molar-refractivity contribution in [3.63, 3.8) is 0 Å². The third kappa shape index (κ3) is 4.91. The van der Waals surface area contributed by atoms with Gasteiger partial charge in [-0.15, -0.1) is 10.2 Å². The highest BCUT2D eigenvalue weighted by Crippen LogP contribution is 2.31. The van der Waals surface area contributed by atoms with Crippen molar-refractivity contribution in [2.75, 3.05) is 23.7 Å². The number of rotatable bonds is 7. The molecule has 30 heavy (non-hydrogen) atoms. The first kappa shape index (κ1) is 21.0. The third-order valence-electron chi connectivity index (χ3n) is 4.83. The number of carbonyl (C=O) groups excluding carboxylic acids is 1. The molecule has 0 unspecified atom stereocenters. The van der Waals surface area contributed by atoms with Gasteiger partial charge in [0.05, 0.1) is 16.5 Å². The van der Waals surface area contributed by atoms with Gasteiger partial charge in [0.1, 0.15) is 0 Å². The third-order valence-corrected chi connectivity index (χ3v) is 6.33. The smallest absolute Gasteiger partial charge is 0.232 e. The number of thioether (sulfide) groups is 1. The van der Waals surface area contributed by atoms with E-state index >= 15 is 0 Å². The van der Waals surface area contributed by atoms with E-state index in [1.165, 1.54) is 11.8 Å². The van der Waals surface area contributed by atoms with Gasteiger partial charge in [-0.1, -0.05) is 59.2 Å². The van der Waals surface area contributed by atoms with Gasteiger partial charge in [0.15, 0.2) is 5.16 Å². The number of nitrogens with zero attached hydrogens (tertiary/aromatic N) is 4. The lowest BCUT2D eigenvalue weighted by Crippen LogP contribution is -2.25. The molecule has 1 aliphatic rings. The van der Waals surface area contributed by atoms with Crippen LogP contribution >= 0.6 is 35.0 Å². The van der Waals surface area contributed by atoms with Crippen LogP contribution in [-0.4, -0.2) is 39.5 Å². The van der Waals surface area contributed by atoms with Crippen LogP contribution in [0.1, 0.15) is 18.4 Å². The Hall–Kier alpha value is -2.22. The fraction of sp³-hybridized carbons (Fsp3) is 0.286. The predicted molar refractivity (Wildman–Crippen MR) is 122 cm³/mol. The lowest BCUT2D eigenvalue weighted by molar-refractivity contribution is -0.118. The molecule has 3 aromatic rings. The number of hydrogen-bond acceptors (Lipinski definition) is 5. The highest BCUT2D eigenvalue weighted by atomic mass is 35.5. The summed E-state index contributed by atoms with van der Waals surface area (Å²) in [4.78, 5) is 14.6. The molecule has 4 rings (SSSR count). The van der Waals surface area contributed by atoms with E-state index in [9.17, 15) is 4.79 Å².